The highest BCUT2D eigenvalue weighted by atomic mass is 32.2. The van der Waals surface area contributed by atoms with Crippen LogP contribution in [0.4, 0.5) is 0 Å². The van der Waals surface area contributed by atoms with Gasteiger partial charge in [-0.15, -0.1) is 0 Å². The van der Waals surface area contributed by atoms with E-state index >= 15 is 0 Å². The lowest BCUT2D eigenvalue weighted by Gasteiger charge is -2.33. The minimum Gasteiger partial charge on any atom is -0.454 e. The summed E-state index contributed by atoms with van der Waals surface area (Å²) in [5, 5.41) is 2.84. The van der Waals surface area contributed by atoms with Gasteiger partial charge in [0.15, 0.2) is 6.61 Å². The molecule has 1 aromatic carbocycles. The SMILES string of the molecule is Cc1ccc(S(=O)(=O)N2CCCCC2C(=O)OCC(=O)NCC2CCCCC2)cc1. The van der Waals surface area contributed by atoms with Crippen LogP contribution in [-0.4, -0.2) is 50.3 Å². The first-order chi connectivity index (χ1) is 14.4. The molecule has 0 bridgehead atoms. The van der Waals surface area contributed by atoms with Gasteiger partial charge < -0.3 is 10.1 Å². The number of hydrogen-bond acceptors (Lipinski definition) is 5. The van der Waals surface area contributed by atoms with Crippen molar-refractivity contribution in [2.24, 2.45) is 5.92 Å². The first-order valence-corrected chi connectivity index (χ1v) is 12.3. The van der Waals surface area contributed by atoms with E-state index in [9.17, 15) is 18.0 Å². The first-order valence-electron chi connectivity index (χ1n) is 10.9. The molecule has 30 heavy (non-hydrogen) atoms. The van der Waals surface area contributed by atoms with Crippen molar-refractivity contribution in [3.05, 3.63) is 29.8 Å². The number of rotatable bonds is 7. The lowest BCUT2D eigenvalue weighted by Crippen LogP contribution is -2.49. The summed E-state index contributed by atoms with van der Waals surface area (Å²) in [6.07, 6.45) is 7.72. The molecule has 1 amide bonds. The second kappa shape index (κ2) is 10.4. The minimum absolute atomic E-state index is 0.165. The highest BCUT2D eigenvalue weighted by molar-refractivity contribution is 7.89. The molecule has 1 aliphatic carbocycles. The van der Waals surface area contributed by atoms with E-state index in [4.69, 9.17) is 4.74 Å². The van der Waals surface area contributed by atoms with Crippen molar-refractivity contribution in [3.63, 3.8) is 0 Å². The van der Waals surface area contributed by atoms with Gasteiger partial charge in [0.2, 0.25) is 10.0 Å². The lowest BCUT2D eigenvalue weighted by atomic mass is 9.89. The molecule has 1 atom stereocenters. The van der Waals surface area contributed by atoms with Gasteiger partial charge in [-0.25, -0.2) is 8.42 Å². The Bertz CT molecular complexity index is 832. The zero-order valence-corrected chi connectivity index (χ0v) is 18.5. The van der Waals surface area contributed by atoms with Crippen molar-refractivity contribution in [1.29, 1.82) is 0 Å². The van der Waals surface area contributed by atoms with Crippen molar-refractivity contribution in [3.8, 4) is 0 Å². The van der Waals surface area contributed by atoms with Crippen molar-refractivity contribution >= 4 is 21.9 Å². The van der Waals surface area contributed by atoms with E-state index in [0.717, 1.165) is 24.8 Å². The van der Waals surface area contributed by atoms with Gasteiger partial charge in [0, 0.05) is 13.1 Å². The minimum atomic E-state index is -3.80. The summed E-state index contributed by atoms with van der Waals surface area (Å²) in [7, 11) is -3.80. The number of ether oxygens (including phenoxy) is 1. The molecule has 1 unspecified atom stereocenters. The van der Waals surface area contributed by atoms with E-state index in [1.54, 1.807) is 24.3 Å². The number of aryl methyl sites for hydroxylation is 1. The Morgan fingerprint density at radius 1 is 1.03 bits per heavy atom. The summed E-state index contributed by atoms with van der Waals surface area (Å²) in [5.74, 6) is -0.497. The maximum absolute atomic E-state index is 13.1. The van der Waals surface area contributed by atoms with Crippen LogP contribution in [0.25, 0.3) is 0 Å². The Balaban J connectivity index is 1.56. The zero-order valence-electron chi connectivity index (χ0n) is 17.6. The van der Waals surface area contributed by atoms with Gasteiger partial charge in [-0.3, -0.25) is 9.59 Å². The van der Waals surface area contributed by atoms with Crippen LogP contribution in [0.3, 0.4) is 0 Å². The molecule has 166 valence electrons. The Labute approximate surface area is 179 Å². The first kappa shape index (κ1) is 22.7. The summed E-state index contributed by atoms with van der Waals surface area (Å²) in [6.45, 7) is 2.38. The fourth-order valence-corrected chi connectivity index (χ4v) is 5.85. The maximum atomic E-state index is 13.1. The number of piperidine rings is 1. The fourth-order valence-electron chi connectivity index (χ4n) is 4.21. The van der Waals surface area contributed by atoms with Crippen molar-refractivity contribution in [2.75, 3.05) is 19.7 Å². The van der Waals surface area contributed by atoms with E-state index in [1.807, 2.05) is 6.92 Å². The van der Waals surface area contributed by atoms with Crippen LogP contribution in [0.5, 0.6) is 0 Å². The third-order valence-electron chi connectivity index (χ3n) is 6.01. The molecule has 0 spiro atoms. The number of carbonyl (C=O) groups is 2. The predicted molar refractivity (Wildman–Crippen MR) is 113 cm³/mol. The fraction of sp³-hybridized carbons (Fsp3) is 0.636. The number of sulfonamides is 1. The lowest BCUT2D eigenvalue weighted by molar-refractivity contribution is -0.153. The third kappa shape index (κ3) is 5.82. The normalized spacial score (nSPS) is 21.2. The molecule has 1 aliphatic heterocycles. The molecule has 1 heterocycles. The van der Waals surface area contributed by atoms with Crippen molar-refractivity contribution in [2.45, 2.75) is 69.2 Å². The van der Waals surface area contributed by atoms with Crippen molar-refractivity contribution < 1.29 is 22.7 Å². The molecule has 8 heteroatoms. The standard InChI is InChI=1S/C22H32N2O5S/c1-17-10-12-19(13-11-17)30(27,28)24-14-6-5-9-20(24)22(26)29-16-21(25)23-15-18-7-3-2-4-8-18/h10-13,18,20H,2-9,14-16H2,1H3,(H,23,25). The van der Waals surface area contributed by atoms with Gasteiger partial charge in [-0.2, -0.15) is 4.31 Å². The molecule has 2 fully saturated rings. The highest BCUT2D eigenvalue weighted by Crippen LogP contribution is 2.26. The van der Waals surface area contributed by atoms with E-state index in [1.165, 1.54) is 23.6 Å². The largest absolute Gasteiger partial charge is 0.454 e. The van der Waals surface area contributed by atoms with Gasteiger partial charge in [0.1, 0.15) is 6.04 Å². The van der Waals surface area contributed by atoms with Crippen LogP contribution in [0.1, 0.15) is 56.9 Å². The molecule has 1 saturated heterocycles. The highest BCUT2D eigenvalue weighted by Gasteiger charge is 2.38. The Kier molecular flexibility index (Phi) is 7.88. The Hall–Kier alpha value is -1.93. The quantitative estimate of drug-likeness (QED) is 0.664. The number of carbonyl (C=O) groups excluding carboxylic acids is 2. The second-order valence-corrected chi connectivity index (χ2v) is 10.2. The molecule has 3 rings (SSSR count). The topological polar surface area (TPSA) is 92.8 Å². The van der Waals surface area contributed by atoms with Crippen molar-refractivity contribution in [1.82, 2.24) is 9.62 Å². The van der Waals surface area contributed by atoms with E-state index in [2.05, 4.69) is 5.32 Å². The predicted octanol–water partition coefficient (Wildman–Crippen LogP) is 2.78. The van der Waals surface area contributed by atoms with Gasteiger partial charge in [0.25, 0.3) is 5.91 Å². The van der Waals surface area contributed by atoms with Gasteiger partial charge in [0.05, 0.1) is 4.90 Å². The summed E-state index contributed by atoms with van der Waals surface area (Å²) < 4.78 is 32.6. The van der Waals surface area contributed by atoms with Crippen LogP contribution in [0.2, 0.25) is 0 Å². The Morgan fingerprint density at radius 3 is 2.40 bits per heavy atom. The summed E-state index contributed by atoms with van der Waals surface area (Å²) >= 11 is 0. The molecular weight excluding hydrogens is 404 g/mol. The average molecular weight is 437 g/mol. The summed E-state index contributed by atoms with van der Waals surface area (Å²) in [5.41, 5.74) is 0.961. The summed E-state index contributed by atoms with van der Waals surface area (Å²) in [4.78, 5) is 24.9. The molecule has 2 aliphatic rings. The molecule has 1 aromatic rings. The number of benzene rings is 1. The monoisotopic (exact) mass is 436 g/mol. The Morgan fingerprint density at radius 2 is 1.70 bits per heavy atom. The molecule has 0 radical (unpaired) electrons. The summed E-state index contributed by atoms with van der Waals surface area (Å²) in [6, 6.07) is 5.69. The smallest absolute Gasteiger partial charge is 0.324 e. The number of esters is 1. The van der Waals surface area contributed by atoms with E-state index in [0.29, 0.717) is 25.3 Å². The van der Waals surface area contributed by atoms with Gasteiger partial charge in [-0.1, -0.05) is 37.0 Å². The molecular formula is C22H32N2O5S. The zero-order chi connectivity index (χ0) is 21.6. The maximum Gasteiger partial charge on any atom is 0.324 e. The molecule has 0 aromatic heterocycles. The van der Waals surface area contributed by atoms with Crippen LogP contribution in [0.15, 0.2) is 29.2 Å². The number of hydrogen-bond donors (Lipinski definition) is 1. The van der Waals surface area contributed by atoms with Crippen LogP contribution < -0.4 is 5.32 Å². The molecule has 7 nitrogen and oxygen atoms in total. The number of amides is 1. The second-order valence-electron chi connectivity index (χ2n) is 8.36. The number of nitrogens with one attached hydrogen (secondary N) is 1. The van der Waals surface area contributed by atoms with E-state index in [-0.39, 0.29) is 24.0 Å². The average Bonchev–Trinajstić information content (AvgIpc) is 2.77. The molecule has 1 saturated carbocycles. The van der Waals surface area contributed by atoms with E-state index < -0.39 is 22.0 Å². The molecule has 1 N–H and O–H groups in total. The number of nitrogens with zero attached hydrogens (tertiary/aromatic N) is 1. The van der Waals surface area contributed by atoms with Crippen LogP contribution in [0, 0.1) is 12.8 Å². The van der Waals surface area contributed by atoms with Gasteiger partial charge >= 0.3 is 5.97 Å². The van der Waals surface area contributed by atoms with Gasteiger partial charge in [-0.05, 0) is 57.1 Å². The van der Waals surface area contributed by atoms with Crippen LogP contribution in [-0.2, 0) is 24.3 Å². The third-order valence-corrected chi connectivity index (χ3v) is 7.93. The van der Waals surface area contributed by atoms with Crippen LogP contribution >= 0.6 is 0 Å².